The summed E-state index contributed by atoms with van der Waals surface area (Å²) in [6, 6.07) is 4.48. The molecule has 0 radical (unpaired) electrons. The van der Waals surface area contributed by atoms with Crippen LogP contribution in [0.4, 0.5) is 5.69 Å². The van der Waals surface area contributed by atoms with E-state index < -0.39 is 15.1 Å². The van der Waals surface area contributed by atoms with Crippen LogP contribution in [0.1, 0.15) is 11.1 Å². The van der Waals surface area contributed by atoms with Gasteiger partial charge in [-0.1, -0.05) is 6.07 Å². The Labute approximate surface area is 98.2 Å². The molecule has 8 heteroatoms. The number of fused-ring (bicyclic) bond motifs is 1. The fourth-order valence-electron chi connectivity index (χ4n) is 1.85. The number of nitrogens with zero attached hydrogens (tertiary/aromatic N) is 2. The first-order valence-corrected chi connectivity index (χ1v) is 6.42. The van der Waals surface area contributed by atoms with Gasteiger partial charge in [0.15, 0.2) is 0 Å². The molecule has 0 atom stereocenters. The summed E-state index contributed by atoms with van der Waals surface area (Å²) in [5.74, 6) is 0. The van der Waals surface area contributed by atoms with Crippen LogP contribution in [0.3, 0.4) is 0 Å². The summed E-state index contributed by atoms with van der Waals surface area (Å²) in [5, 5.41) is 15.6. The number of hydrogen-bond donors (Lipinski definition) is 1. The Morgan fingerprint density at radius 3 is 2.65 bits per heavy atom. The molecule has 0 bridgehead atoms. The van der Waals surface area contributed by atoms with Crippen LogP contribution >= 0.6 is 0 Å². The standard InChI is InChI=1S/C9H11N3O4S/c10-17(15,16)11-4-3-7-1-2-9(12(13)14)5-8(7)6-11/h1-2,5H,3-4,6H2,(H2,10,15,16). The molecule has 2 N–H and O–H groups in total. The molecule has 92 valence electrons. The summed E-state index contributed by atoms with van der Waals surface area (Å²) >= 11 is 0. The Hall–Kier alpha value is -1.51. The molecule has 1 aliphatic heterocycles. The molecular formula is C9H11N3O4S. The fourth-order valence-corrected chi connectivity index (χ4v) is 2.51. The highest BCUT2D eigenvalue weighted by Crippen LogP contribution is 2.24. The van der Waals surface area contributed by atoms with Gasteiger partial charge in [-0.15, -0.1) is 0 Å². The normalized spacial score (nSPS) is 16.5. The van der Waals surface area contributed by atoms with Crippen molar-refractivity contribution in [2.45, 2.75) is 13.0 Å². The summed E-state index contributed by atoms with van der Waals surface area (Å²) in [6.07, 6.45) is 0.518. The minimum Gasteiger partial charge on any atom is -0.258 e. The molecule has 0 aliphatic carbocycles. The molecule has 1 aromatic carbocycles. The van der Waals surface area contributed by atoms with Gasteiger partial charge in [0.25, 0.3) is 15.9 Å². The summed E-state index contributed by atoms with van der Waals surface area (Å²) < 4.78 is 23.5. The SMILES string of the molecule is NS(=O)(=O)N1CCc2ccc([N+](=O)[O-])cc2C1. The predicted octanol–water partition coefficient (Wildman–Crippen LogP) is 0.156. The van der Waals surface area contributed by atoms with Crippen molar-refractivity contribution < 1.29 is 13.3 Å². The second kappa shape index (κ2) is 4.06. The van der Waals surface area contributed by atoms with Gasteiger partial charge in [0.1, 0.15) is 0 Å². The van der Waals surface area contributed by atoms with Crippen molar-refractivity contribution in [3.05, 3.63) is 39.4 Å². The summed E-state index contributed by atoms with van der Waals surface area (Å²) in [7, 11) is -3.74. The Morgan fingerprint density at radius 2 is 2.06 bits per heavy atom. The van der Waals surface area contributed by atoms with Gasteiger partial charge in [0, 0.05) is 25.2 Å². The van der Waals surface area contributed by atoms with Gasteiger partial charge in [-0.3, -0.25) is 10.1 Å². The molecule has 1 heterocycles. The van der Waals surface area contributed by atoms with E-state index in [1.54, 1.807) is 6.07 Å². The third kappa shape index (κ3) is 2.43. The highest BCUT2D eigenvalue weighted by molar-refractivity contribution is 7.86. The number of hydrogen-bond acceptors (Lipinski definition) is 4. The molecular weight excluding hydrogens is 246 g/mol. The lowest BCUT2D eigenvalue weighted by Crippen LogP contribution is -2.40. The van der Waals surface area contributed by atoms with Crippen LogP contribution in [-0.2, 0) is 23.2 Å². The monoisotopic (exact) mass is 257 g/mol. The summed E-state index contributed by atoms with van der Waals surface area (Å²) in [6.45, 7) is 0.402. The Bertz CT molecular complexity index is 570. The first kappa shape index (κ1) is 12.0. The Kier molecular flexibility index (Phi) is 2.86. The first-order chi connectivity index (χ1) is 7.88. The van der Waals surface area contributed by atoms with Crippen LogP contribution in [0.15, 0.2) is 18.2 Å². The third-order valence-corrected chi connectivity index (χ3v) is 3.77. The predicted molar refractivity (Wildman–Crippen MR) is 60.3 cm³/mol. The third-order valence-electron chi connectivity index (χ3n) is 2.74. The van der Waals surface area contributed by atoms with Gasteiger partial charge in [0.2, 0.25) is 0 Å². The number of rotatable bonds is 2. The van der Waals surface area contributed by atoms with Crippen molar-refractivity contribution in [1.82, 2.24) is 4.31 Å². The quantitative estimate of drug-likeness (QED) is 0.601. The molecule has 0 fully saturated rings. The molecule has 17 heavy (non-hydrogen) atoms. The van der Waals surface area contributed by atoms with Crippen LogP contribution in [-0.4, -0.2) is 24.2 Å². The van der Waals surface area contributed by atoms with Crippen molar-refractivity contribution in [2.75, 3.05) is 6.54 Å². The van der Waals surface area contributed by atoms with E-state index in [1.807, 2.05) is 0 Å². The first-order valence-electron chi connectivity index (χ1n) is 4.92. The highest BCUT2D eigenvalue weighted by atomic mass is 32.2. The molecule has 0 aromatic heterocycles. The minimum atomic E-state index is -3.74. The lowest BCUT2D eigenvalue weighted by Gasteiger charge is -2.25. The molecule has 1 aromatic rings. The van der Waals surface area contributed by atoms with Crippen molar-refractivity contribution in [3.8, 4) is 0 Å². The highest BCUT2D eigenvalue weighted by Gasteiger charge is 2.24. The maximum Gasteiger partial charge on any atom is 0.277 e. The second-order valence-electron chi connectivity index (χ2n) is 3.84. The molecule has 0 saturated heterocycles. The van der Waals surface area contributed by atoms with E-state index in [2.05, 4.69) is 0 Å². The summed E-state index contributed by atoms with van der Waals surface area (Å²) in [4.78, 5) is 10.1. The number of nitro groups is 1. The van der Waals surface area contributed by atoms with Gasteiger partial charge in [-0.2, -0.15) is 12.7 Å². The fraction of sp³-hybridized carbons (Fsp3) is 0.333. The topological polar surface area (TPSA) is 107 Å². The van der Waals surface area contributed by atoms with E-state index >= 15 is 0 Å². The number of non-ortho nitro benzene ring substituents is 1. The van der Waals surface area contributed by atoms with Crippen LogP contribution in [0.25, 0.3) is 0 Å². The zero-order valence-corrected chi connectivity index (χ0v) is 9.68. The largest absolute Gasteiger partial charge is 0.277 e. The van der Waals surface area contributed by atoms with Crippen molar-refractivity contribution in [3.63, 3.8) is 0 Å². The molecule has 7 nitrogen and oxygen atoms in total. The molecule has 1 aliphatic rings. The zero-order chi connectivity index (χ0) is 12.6. The molecule has 2 rings (SSSR count). The average molecular weight is 257 g/mol. The summed E-state index contributed by atoms with van der Waals surface area (Å²) in [5.41, 5.74) is 1.52. The maximum absolute atomic E-state index is 11.2. The van der Waals surface area contributed by atoms with Crippen molar-refractivity contribution in [1.29, 1.82) is 0 Å². The number of nitrogens with two attached hydrogens (primary N) is 1. The number of nitro benzene ring substituents is 1. The van der Waals surface area contributed by atoms with Crippen LogP contribution < -0.4 is 5.14 Å². The molecule has 0 spiro atoms. The number of benzene rings is 1. The molecule has 0 unspecified atom stereocenters. The van der Waals surface area contributed by atoms with Crippen LogP contribution in [0.2, 0.25) is 0 Å². The van der Waals surface area contributed by atoms with E-state index in [4.69, 9.17) is 5.14 Å². The molecule has 0 saturated carbocycles. The van der Waals surface area contributed by atoms with Crippen molar-refractivity contribution in [2.24, 2.45) is 5.14 Å². The van der Waals surface area contributed by atoms with E-state index in [9.17, 15) is 18.5 Å². The van der Waals surface area contributed by atoms with E-state index in [0.29, 0.717) is 18.5 Å². The van der Waals surface area contributed by atoms with E-state index in [1.165, 1.54) is 12.1 Å². The van der Waals surface area contributed by atoms with Gasteiger partial charge >= 0.3 is 0 Å². The van der Waals surface area contributed by atoms with E-state index in [0.717, 1.165) is 9.87 Å². The van der Waals surface area contributed by atoms with Gasteiger partial charge in [-0.05, 0) is 17.5 Å². The lowest BCUT2D eigenvalue weighted by atomic mass is 10.0. The Balaban J connectivity index is 2.36. The van der Waals surface area contributed by atoms with Crippen LogP contribution in [0, 0.1) is 10.1 Å². The zero-order valence-electron chi connectivity index (χ0n) is 8.87. The van der Waals surface area contributed by atoms with Gasteiger partial charge < -0.3 is 0 Å². The Morgan fingerprint density at radius 1 is 1.35 bits per heavy atom. The second-order valence-corrected chi connectivity index (χ2v) is 5.38. The lowest BCUT2D eigenvalue weighted by molar-refractivity contribution is -0.385. The molecule has 0 amide bonds. The minimum absolute atomic E-state index is 0.0416. The van der Waals surface area contributed by atoms with Gasteiger partial charge in [0.05, 0.1) is 4.92 Å². The van der Waals surface area contributed by atoms with Gasteiger partial charge in [-0.25, -0.2) is 5.14 Å². The smallest absolute Gasteiger partial charge is 0.258 e. The van der Waals surface area contributed by atoms with Crippen molar-refractivity contribution >= 4 is 15.9 Å². The van der Waals surface area contributed by atoms with E-state index in [-0.39, 0.29) is 12.2 Å². The maximum atomic E-state index is 11.2. The average Bonchev–Trinajstić information content (AvgIpc) is 2.26. The van der Waals surface area contributed by atoms with Crippen LogP contribution in [0.5, 0.6) is 0 Å².